The number of aromatic nitrogens is 2. The summed E-state index contributed by atoms with van der Waals surface area (Å²) in [5, 5.41) is 2.99. The highest BCUT2D eigenvalue weighted by atomic mass is 16.1. The Labute approximate surface area is 148 Å². The average molecular weight is 333 g/mol. The van der Waals surface area contributed by atoms with Crippen LogP contribution in [0.5, 0.6) is 0 Å². The number of carbonyl (C=O) groups excluding carboxylic acids is 1. The Morgan fingerprint density at radius 3 is 2.44 bits per heavy atom. The van der Waals surface area contributed by atoms with Crippen LogP contribution in [-0.2, 0) is 17.8 Å². The number of amides is 1. The van der Waals surface area contributed by atoms with E-state index in [0.29, 0.717) is 13.0 Å². The third-order valence-electron chi connectivity index (χ3n) is 4.25. The zero-order valence-corrected chi connectivity index (χ0v) is 14.5. The molecule has 0 atom stereocenters. The summed E-state index contributed by atoms with van der Waals surface area (Å²) >= 11 is 0. The first-order chi connectivity index (χ1) is 12.2. The van der Waals surface area contributed by atoms with Gasteiger partial charge in [0.25, 0.3) is 0 Å². The molecular formula is C21H23N3O. The second-order valence-corrected chi connectivity index (χ2v) is 6.11. The largest absolute Gasteiger partial charge is 0.356 e. The lowest BCUT2D eigenvalue weighted by Gasteiger charge is -2.08. The average Bonchev–Trinajstić information content (AvgIpc) is 3.05. The van der Waals surface area contributed by atoms with Crippen LogP contribution < -0.4 is 5.32 Å². The Kier molecular flexibility index (Phi) is 5.62. The zero-order valence-electron chi connectivity index (χ0n) is 14.5. The smallest absolute Gasteiger partial charge is 0.224 e. The first-order valence-electron chi connectivity index (χ1n) is 8.61. The summed E-state index contributed by atoms with van der Waals surface area (Å²) in [6, 6.07) is 18.4. The molecule has 0 aliphatic rings. The van der Waals surface area contributed by atoms with Crippen molar-refractivity contribution in [3.05, 3.63) is 78.4 Å². The van der Waals surface area contributed by atoms with Gasteiger partial charge < -0.3 is 9.88 Å². The highest BCUT2D eigenvalue weighted by Gasteiger charge is 2.04. The lowest BCUT2D eigenvalue weighted by molar-refractivity contribution is -0.120. The van der Waals surface area contributed by atoms with Gasteiger partial charge in [0, 0.05) is 25.5 Å². The Hall–Kier alpha value is -2.88. The predicted octanol–water partition coefficient (Wildman–Crippen LogP) is 3.61. The van der Waals surface area contributed by atoms with Gasteiger partial charge in [-0.2, -0.15) is 0 Å². The van der Waals surface area contributed by atoms with Crippen LogP contribution >= 0.6 is 0 Å². The molecule has 0 fully saturated rings. The van der Waals surface area contributed by atoms with Crippen LogP contribution in [0.25, 0.3) is 11.1 Å². The van der Waals surface area contributed by atoms with Gasteiger partial charge in [0.05, 0.1) is 6.42 Å². The molecule has 4 nitrogen and oxygen atoms in total. The van der Waals surface area contributed by atoms with Gasteiger partial charge in [0.15, 0.2) is 0 Å². The number of hydrogen-bond acceptors (Lipinski definition) is 2. The van der Waals surface area contributed by atoms with Crippen molar-refractivity contribution in [1.82, 2.24) is 14.9 Å². The molecule has 0 radical (unpaired) electrons. The fourth-order valence-corrected chi connectivity index (χ4v) is 2.81. The third-order valence-corrected chi connectivity index (χ3v) is 4.25. The minimum Gasteiger partial charge on any atom is -0.356 e. The van der Waals surface area contributed by atoms with E-state index in [-0.39, 0.29) is 5.91 Å². The minimum absolute atomic E-state index is 0.0646. The maximum atomic E-state index is 12.1. The van der Waals surface area contributed by atoms with Gasteiger partial charge in [-0.05, 0) is 30.0 Å². The number of imidazole rings is 1. The quantitative estimate of drug-likeness (QED) is 0.672. The molecule has 1 aromatic heterocycles. The summed E-state index contributed by atoms with van der Waals surface area (Å²) in [6.45, 7) is 3.54. The van der Waals surface area contributed by atoms with Crippen LogP contribution in [-0.4, -0.2) is 22.0 Å². The van der Waals surface area contributed by atoms with Gasteiger partial charge in [-0.25, -0.2) is 4.98 Å². The molecule has 1 N–H and O–H groups in total. The number of benzene rings is 2. The highest BCUT2D eigenvalue weighted by Crippen LogP contribution is 2.19. The van der Waals surface area contributed by atoms with Gasteiger partial charge in [-0.1, -0.05) is 54.6 Å². The van der Waals surface area contributed by atoms with E-state index in [0.717, 1.165) is 24.4 Å². The topological polar surface area (TPSA) is 46.9 Å². The first kappa shape index (κ1) is 17.0. The van der Waals surface area contributed by atoms with Gasteiger partial charge in [0.2, 0.25) is 5.91 Å². The summed E-state index contributed by atoms with van der Waals surface area (Å²) in [7, 11) is 0. The van der Waals surface area contributed by atoms with Crippen LogP contribution in [0.4, 0.5) is 0 Å². The molecule has 0 saturated heterocycles. The van der Waals surface area contributed by atoms with Gasteiger partial charge in [-0.3, -0.25) is 4.79 Å². The fourth-order valence-electron chi connectivity index (χ4n) is 2.81. The molecule has 0 saturated carbocycles. The van der Waals surface area contributed by atoms with E-state index in [1.165, 1.54) is 11.1 Å². The maximum absolute atomic E-state index is 12.1. The number of hydrogen-bond donors (Lipinski definition) is 1. The Morgan fingerprint density at radius 1 is 1.04 bits per heavy atom. The number of nitrogens with zero attached hydrogens (tertiary/aromatic N) is 2. The predicted molar refractivity (Wildman–Crippen MR) is 100 cm³/mol. The van der Waals surface area contributed by atoms with Crippen molar-refractivity contribution in [2.24, 2.45) is 0 Å². The summed E-state index contributed by atoms with van der Waals surface area (Å²) in [5.41, 5.74) is 3.39. The molecule has 3 aromatic rings. The van der Waals surface area contributed by atoms with Crippen molar-refractivity contribution < 1.29 is 4.79 Å². The van der Waals surface area contributed by atoms with E-state index >= 15 is 0 Å². The summed E-state index contributed by atoms with van der Waals surface area (Å²) in [6.07, 6.45) is 5.08. The molecular weight excluding hydrogens is 310 g/mol. The molecule has 0 bridgehead atoms. The summed E-state index contributed by atoms with van der Waals surface area (Å²) in [4.78, 5) is 16.3. The van der Waals surface area contributed by atoms with Crippen LogP contribution in [0.3, 0.4) is 0 Å². The van der Waals surface area contributed by atoms with Crippen molar-refractivity contribution in [3.8, 4) is 11.1 Å². The van der Waals surface area contributed by atoms with Gasteiger partial charge in [-0.15, -0.1) is 0 Å². The zero-order chi connectivity index (χ0) is 17.5. The monoisotopic (exact) mass is 333 g/mol. The molecule has 4 heteroatoms. The summed E-state index contributed by atoms with van der Waals surface area (Å²) < 4.78 is 2.09. The number of carbonyl (C=O) groups is 1. The van der Waals surface area contributed by atoms with Crippen LogP contribution in [0.15, 0.2) is 67.0 Å². The molecule has 128 valence electrons. The van der Waals surface area contributed by atoms with Crippen LogP contribution in [0, 0.1) is 6.92 Å². The molecule has 3 rings (SSSR count). The minimum atomic E-state index is 0.0646. The molecule has 0 aliphatic carbocycles. The molecule has 0 aliphatic heterocycles. The second-order valence-electron chi connectivity index (χ2n) is 6.11. The Balaban J connectivity index is 1.44. The number of rotatable bonds is 7. The van der Waals surface area contributed by atoms with E-state index in [1.807, 2.05) is 43.5 Å². The SMILES string of the molecule is Cc1nccn1CCCNC(=O)Cc1ccc(-c2ccccc2)cc1. The van der Waals surface area contributed by atoms with Crippen molar-refractivity contribution >= 4 is 5.91 Å². The Bertz CT molecular complexity index is 807. The van der Waals surface area contributed by atoms with Gasteiger partial charge >= 0.3 is 0 Å². The fraction of sp³-hybridized carbons (Fsp3) is 0.238. The van der Waals surface area contributed by atoms with E-state index in [2.05, 4.69) is 39.1 Å². The van der Waals surface area contributed by atoms with E-state index < -0.39 is 0 Å². The lowest BCUT2D eigenvalue weighted by Crippen LogP contribution is -2.26. The lowest BCUT2D eigenvalue weighted by atomic mass is 10.0. The third kappa shape index (κ3) is 4.80. The van der Waals surface area contributed by atoms with E-state index in [9.17, 15) is 4.79 Å². The van der Waals surface area contributed by atoms with Crippen LogP contribution in [0.2, 0.25) is 0 Å². The molecule has 1 heterocycles. The standard InChI is InChI=1S/C21H23N3O/c1-17-22-13-15-24(17)14-5-12-23-21(25)16-18-8-10-20(11-9-18)19-6-3-2-4-7-19/h2-4,6-11,13,15H,5,12,14,16H2,1H3,(H,23,25). The second kappa shape index (κ2) is 8.29. The Morgan fingerprint density at radius 2 is 1.76 bits per heavy atom. The summed E-state index contributed by atoms with van der Waals surface area (Å²) in [5.74, 6) is 1.07. The van der Waals surface area contributed by atoms with E-state index in [1.54, 1.807) is 6.20 Å². The molecule has 0 spiro atoms. The van der Waals surface area contributed by atoms with Crippen molar-refractivity contribution in [1.29, 1.82) is 0 Å². The number of aryl methyl sites for hydroxylation is 2. The highest BCUT2D eigenvalue weighted by molar-refractivity contribution is 5.78. The maximum Gasteiger partial charge on any atom is 0.224 e. The van der Waals surface area contributed by atoms with Crippen molar-refractivity contribution in [3.63, 3.8) is 0 Å². The molecule has 1 amide bonds. The molecule has 0 unspecified atom stereocenters. The normalized spacial score (nSPS) is 10.6. The molecule has 25 heavy (non-hydrogen) atoms. The number of nitrogens with one attached hydrogen (secondary N) is 1. The van der Waals surface area contributed by atoms with E-state index in [4.69, 9.17) is 0 Å². The van der Waals surface area contributed by atoms with Crippen molar-refractivity contribution in [2.45, 2.75) is 26.3 Å². The van der Waals surface area contributed by atoms with Crippen molar-refractivity contribution in [2.75, 3.05) is 6.54 Å². The first-order valence-corrected chi connectivity index (χ1v) is 8.61. The van der Waals surface area contributed by atoms with Gasteiger partial charge in [0.1, 0.15) is 5.82 Å². The van der Waals surface area contributed by atoms with Crippen LogP contribution in [0.1, 0.15) is 17.8 Å². The molecule has 2 aromatic carbocycles.